The van der Waals surface area contributed by atoms with Gasteiger partial charge in [-0.3, -0.25) is 24.5 Å². The number of barbiturate groups is 1. The van der Waals surface area contributed by atoms with Crippen molar-refractivity contribution in [1.82, 2.24) is 14.9 Å². The molecule has 6 amide bonds. The van der Waals surface area contributed by atoms with Gasteiger partial charge in [-0.2, -0.15) is 0 Å². The zero-order valence-corrected chi connectivity index (χ0v) is 28.3. The van der Waals surface area contributed by atoms with Gasteiger partial charge in [-0.15, -0.1) is 6.08 Å². The molecule has 1 aliphatic rings. The summed E-state index contributed by atoms with van der Waals surface area (Å²) in [6, 6.07) is 19.5. The molecular weight excluding hydrogens is 647 g/mol. The Morgan fingerprint density at radius 3 is 2.27 bits per heavy atom. The van der Waals surface area contributed by atoms with Crippen molar-refractivity contribution in [1.29, 1.82) is 0 Å². The number of rotatable bonds is 9. The summed E-state index contributed by atoms with van der Waals surface area (Å²) in [5.41, 5.74) is 5.14. The second kappa shape index (κ2) is 16.5. The Balaban J connectivity index is 0.00000312. The molecule has 0 atom stereocenters. The summed E-state index contributed by atoms with van der Waals surface area (Å²) >= 11 is 0. The number of anilines is 2. The summed E-state index contributed by atoms with van der Waals surface area (Å²) < 4.78 is 0.826. The number of hydrogen-bond acceptors (Lipinski definition) is 8. The van der Waals surface area contributed by atoms with E-state index in [2.05, 4.69) is 21.8 Å². The number of benzene rings is 3. The van der Waals surface area contributed by atoms with Crippen LogP contribution in [0.1, 0.15) is 21.5 Å². The normalized spacial score (nSPS) is 13.8. The van der Waals surface area contributed by atoms with Gasteiger partial charge in [0.25, 0.3) is 11.8 Å². The third-order valence-electron chi connectivity index (χ3n) is 6.73. The number of carbonyl (C=O) groups excluding carboxylic acids is 5. The van der Waals surface area contributed by atoms with Gasteiger partial charge in [0.2, 0.25) is 18.0 Å². The van der Waals surface area contributed by atoms with E-state index in [1.165, 1.54) is 66.8 Å². The van der Waals surface area contributed by atoms with Crippen LogP contribution in [0.15, 0.2) is 112 Å². The summed E-state index contributed by atoms with van der Waals surface area (Å²) in [7, 11) is 0. The number of aromatic amines is 1. The average molecular weight is 672 g/mol. The molecule has 0 spiro atoms. The van der Waals surface area contributed by atoms with E-state index < -0.39 is 35.0 Å². The zero-order valence-electron chi connectivity index (χ0n) is 25.2. The number of primary amides is 1. The summed E-state index contributed by atoms with van der Waals surface area (Å²) in [5, 5.41) is 4.57. The third kappa shape index (κ3) is 8.16. The van der Waals surface area contributed by atoms with E-state index in [1.807, 2.05) is 0 Å². The van der Waals surface area contributed by atoms with Gasteiger partial charge in [-0.05, 0) is 53.6 Å². The van der Waals surface area contributed by atoms with Crippen LogP contribution in [0.25, 0.3) is 17.3 Å². The Kier molecular flexibility index (Phi) is 12.8. The molecule has 236 valence electrons. The van der Waals surface area contributed by atoms with Crippen molar-refractivity contribution in [3.05, 3.63) is 146 Å². The van der Waals surface area contributed by atoms with Crippen molar-refractivity contribution in [2.45, 2.75) is 0 Å². The van der Waals surface area contributed by atoms with Crippen molar-refractivity contribution < 1.29 is 80.8 Å². The molecule has 1 saturated heterocycles. The van der Waals surface area contributed by atoms with E-state index in [4.69, 9.17) is 5.73 Å². The fourth-order valence-corrected chi connectivity index (χ4v) is 4.53. The second-order valence-corrected chi connectivity index (χ2v) is 9.64. The zero-order chi connectivity index (χ0) is 32.8. The van der Waals surface area contributed by atoms with Crippen LogP contribution in [-0.4, -0.2) is 45.2 Å². The number of urea groups is 1. The number of nitrogens with one attached hydrogen (secondary N) is 3. The van der Waals surface area contributed by atoms with E-state index in [1.54, 1.807) is 36.4 Å². The van der Waals surface area contributed by atoms with Crippen molar-refractivity contribution in [3.63, 3.8) is 0 Å². The number of nitrogens with zero attached hydrogens (tertiary/aromatic N) is 2. The smallest absolute Gasteiger partial charge is 0.870 e. The maximum absolute atomic E-state index is 13.4. The number of amides is 6. The van der Waals surface area contributed by atoms with Crippen molar-refractivity contribution in [2.24, 2.45) is 5.73 Å². The van der Waals surface area contributed by atoms with Crippen LogP contribution in [0, 0.1) is 6.20 Å². The molecule has 0 unspecified atom stereocenters. The van der Waals surface area contributed by atoms with Crippen LogP contribution in [-0.2, 0) is 14.4 Å². The summed E-state index contributed by atoms with van der Waals surface area (Å²) in [6.45, 7) is 0. The predicted octanol–water partition coefficient (Wildman–Crippen LogP) is -0.873. The van der Waals surface area contributed by atoms with Gasteiger partial charge in [0.05, 0.1) is 5.69 Å². The topological polar surface area (TPSA) is 224 Å². The van der Waals surface area contributed by atoms with Gasteiger partial charge in [-0.25, -0.2) is 9.69 Å². The van der Waals surface area contributed by atoms with Gasteiger partial charge in [0.15, 0.2) is 5.56 Å². The summed E-state index contributed by atoms with van der Waals surface area (Å²) in [5.74, 6) is -2.56. The average Bonchev–Trinajstić information content (AvgIpc) is 3.04. The SMILES string of the molecule is NC(=O)c1cccc(-n2c(=O)[nH][c-]c(C=CC(=CC=C3C(=O)NC(=O)N(c4cccc(NC=O)c4)C3=O)c3ccccc3)c2=O)c1.[K+].[OH-]. The number of nitrogens with two attached hydrogens (primary N) is 1. The Hall–Kier alpha value is -5.29. The molecule has 14 nitrogen and oxygen atoms in total. The molecule has 3 aromatic carbocycles. The molecule has 1 fully saturated rings. The summed E-state index contributed by atoms with van der Waals surface area (Å²) in [4.78, 5) is 90.3. The largest absolute Gasteiger partial charge is 1.00 e. The first-order valence-electron chi connectivity index (χ1n) is 13.5. The van der Waals surface area contributed by atoms with E-state index >= 15 is 0 Å². The number of hydrogen-bond donors (Lipinski definition) is 4. The monoisotopic (exact) mass is 671 g/mol. The van der Waals surface area contributed by atoms with E-state index in [0.717, 1.165) is 9.47 Å². The quantitative estimate of drug-likeness (QED) is 0.0436. The molecule has 6 N–H and O–H groups in total. The van der Waals surface area contributed by atoms with Crippen LogP contribution in [0.4, 0.5) is 16.2 Å². The first-order valence-corrected chi connectivity index (χ1v) is 13.5. The molecule has 1 aliphatic heterocycles. The van der Waals surface area contributed by atoms with Crippen LogP contribution >= 0.6 is 0 Å². The van der Waals surface area contributed by atoms with Gasteiger partial charge in [-0.1, -0.05) is 66.4 Å². The molecule has 15 heteroatoms. The molecule has 0 radical (unpaired) electrons. The minimum Gasteiger partial charge on any atom is -0.870 e. The van der Waals surface area contributed by atoms with Crippen LogP contribution in [0.2, 0.25) is 0 Å². The van der Waals surface area contributed by atoms with Gasteiger partial charge in [0, 0.05) is 16.9 Å². The number of imide groups is 2. The molecular formula is C33H24KN6O8-. The Morgan fingerprint density at radius 1 is 0.875 bits per heavy atom. The second-order valence-electron chi connectivity index (χ2n) is 9.64. The minimum atomic E-state index is -0.964. The van der Waals surface area contributed by atoms with E-state index in [-0.39, 0.29) is 84.9 Å². The fraction of sp³-hybridized carbons (Fsp3) is 0. The van der Waals surface area contributed by atoms with Crippen LogP contribution in [0.5, 0.6) is 0 Å². The van der Waals surface area contributed by atoms with Crippen molar-refractivity contribution >= 4 is 53.2 Å². The molecule has 2 heterocycles. The van der Waals surface area contributed by atoms with Crippen molar-refractivity contribution in [2.75, 3.05) is 10.2 Å². The molecule has 1 aromatic heterocycles. The third-order valence-corrected chi connectivity index (χ3v) is 6.73. The molecule has 48 heavy (non-hydrogen) atoms. The minimum absolute atomic E-state index is 0. The predicted molar refractivity (Wildman–Crippen MR) is 171 cm³/mol. The summed E-state index contributed by atoms with van der Waals surface area (Å²) in [6.07, 6.45) is 8.58. The van der Waals surface area contributed by atoms with Gasteiger partial charge in [0.1, 0.15) is 5.57 Å². The van der Waals surface area contributed by atoms with Gasteiger partial charge < -0.3 is 35.7 Å². The Morgan fingerprint density at radius 2 is 1.56 bits per heavy atom. The molecule has 5 rings (SSSR count). The molecule has 0 bridgehead atoms. The molecule has 0 saturated carbocycles. The van der Waals surface area contributed by atoms with E-state index in [0.29, 0.717) is 23.2 Å². The molecule has 4 aromatic rings. The Bertz CT molecular complexity index is 2120. The number of H-pyrrole nitrogens is 1. The maximum atomic E-state index is 13.4. The fourth-order valence-electron chi connectivity index (χ4n) is 4.53. The standard InChI is InChI=1S/C33H23N6O7.K.H2O/c34-28(41)22-8-4-10-25(16-22)38-30(43)23(18-35-32(38)45)13-12-21(20-6-2-1-3-7-20)14-15-27-29(42)37-33(46)39(31(27)44)26-11-5-9-24(17-26)36-19-40;;/h1-17,19H,(H2,34,41)(H,35,45)(H,36,40)(H,37,42,46);;1H2/q-1;+1;/p-1. The van der Waals surface area contributed by atoms with Crippen LogP contribution < -0.4 is 83.9 Å². The van der Waals surface area contributed by atoms with Crippen molar-refractivity contribution in [3.8, 4) is 5.69 Å². The number of aromatic nitrogens is 2. The number of allylic oxidation sites excluding steroid dienone is 4. The molecule has 0 aliphatic carbocycles. The van der Waals surface area contributed by atoms with Crippen LogP contribution in [0.3, 0.4) is 0 Å². The first kappa shape index (κ1) is 37.2. The Labute approximate surface area is 314 Å². The number of carbonyl (C=O) groups is 5. The van der Waals surface area contributed by atoms with Gasteiger partial charge >= 0.3 is 57.4 Å². The first-order chi connectivity index (χ1) is 22.2. The van der Waals surface area contributed by atoms with E-state index in [9.17, 15) is 33.6 Å². The maximum Gasteiger partial charge on any atom is 1.00 e.